The molecule has 2 aromatic carbocycles. The highest BCUT2D eigenvalue weighted by Crippen LogP contribution is 2.26. The molecule has 0 atom stereocenters. The Morgan fingerprint density at radius 2 is 1.81 bits per heavy atom. The Labute approximate surface area is 152 Å². The third-order valence-corrected chi connectivity index (χ3v) is 4.94. The molecular formula is C20H22N4O2. The Bertz CT molecular complexity index is 928. The number of carboxylic acid groups (broad SMARTS) is 1. The van der Waals surface area contributed by atoms with Crippen molar-refractivity contribution in [2.24, 2.45) is 0 Å². The maximum Gasteiger partial charge on any atom is 0.335 e. The molecule has 4 rings (SSSR count). The lowest BCUT2D eigenvalue weighted by Crippen LogP contribution is -2.45. The van der Waals surface area contributed by atoms with Gasteiger partial charge in [0.1, 0.15) is 0 Å². The van der Waals surface area contributed by atoms with E-state index in [1.54, 1.807) is 12.1 Å². The van der Waals surface area contributed by atoms with Gasteiger partial charge in [-0.1, -0.05) is 30.3 Å². The summed E-state index contributed by atoms with van der Waals surface area (Å²) < 4.78 is 2.20. The van der Waals surface area contributed by atoms with Gasteiger partial charge in [0.25, 0.3) is 0 Å². The molecule has 0 amide bonds. The van der Waals surface area contributed by atoms with Gasteiger partial charge in [0, 0.05) is 26.2 Å². The lowest BCUT2D eigenvalue weighted by molar-refractivity contribution is 0.0697. The van der Waals surface area contributed by atoms with Crippen LogP contribution in [0, 0.1) is 0 Å². The van der Waals surface area contributed by atoms with Crippen LogP contribution in [0.5, 0.6) is 0 Å². The molecule has 1 saturated heterocycles. The van der Waals surface area contributed by atoms with Crippen molar-refractivity contribution in [3.63, 3.8) is 0 Å². The van der Waals surface area contributed by atoms with Gasteiger partial charge in [-0.25, -0.2) is 9.78 Å². The third-order valence-electron chi connectivity index (χ3n) is 4.94. The molecule has 0 aliphatic carbocycles. The predicted molar refractivity (Wildman–Crippen MR) is 102 cm³/mol. The number of hydrogen-bond donors (Lipinski definition) is 1. The molecule has 1 fully saturated rings. The van der Waals surface area contributed by atoms with Crippen LogP contribution in [0.1, 0.15) is 15.9 Å². The summed E-state index contributed by atoms with van der Waals surface area (Å²) in [7, 11) is 2.13. The molecule has 26 heavy (non-hydrogen) atoms. The number of carbonyl (C=O) groups is 1. The van der Waals surface area contributed by atoms with Gasteiger partial charge < -0.3 is 19.5 Å². The summed E-state index contributed by atoms with van der Waals surface area (Å²) in [6.45, 7) is 4.54. The van der Waals surface area contributed by atoms with E-state index >= 15 is 0 Å². The number of carboxylic acids is 1. The molecule has 0 radical (unpaired) electrons. The normalized spacial score (nSPS) is 15.5. The van der Waals surface area contributed by atoms with Crippen molar-refractivity contribution < 1.29 is 9.90 Å². The van der Waals surface area contributed by atoms with Gasteiger partial charge in [-0.15, -0.1) is 0 Å². The second kappa shape index (κ2) is 6.80. The van der Waals surface area contributed by atoms with E-state index in [-0.39, 0.29) is 5.56 Å². The minimum absolute atomic E-state index is 0.270. The second-order valence-corrected chi connectivity index (χ2v) is 6.78. The summed E-state index contributed by atoms with van der Waals surface area (Å²) in [6, 6.07) is 15.5. The minimum atomic E-state index is -0.925. The fourth-order valence-corrected chi connectivity index (χ4v) is 3.42. The summed E-state index contributed by atoms with van der Waals surface area (Å²) in [4.78, 5) is 20.7. The fourth-order valence-electron chi connectivity index (χ4n) is 3.42. The van der Waals surface area contributed by atoms with E-state index in [9.17, 15) is 9.90 Å². The summed E-state index contributed by atoms with van der Waals surface area (Å²) in [6.07, 6.45) is 0. The quantitative estimate of drug-likeness (QED) is 0.783. The number of fused-ring (bicyclic) bond motifs is 1. The second-order valence-electron chi connectivity index (χ2n) is 6.78. The van der Waals surface area contributed by atoms with Gasteiger partial charge >= 0.3 is 5.97 Å². The van der Waals surface area contributed by atoms with Crippen molar-refractivity contribution in [1.29, 1.82) is 0 Å². The van der Waals surface area contributed by atoms with Gasteiger partial charge in [-0.2, -0.15) is 0 Å². The van der Waals surface area contributed by atoms with Gasteiger partial charge in [-0.3, -0.25) is 0 Å². The van der Waals surface area contributed by atoms with Crippen molar-refractivity contribution >= 4 is 23.0 Å². The maximum absolute atomic E-state index is 11.3. The number of hydrogen-bond acceptors (Lipinski definition) is 4. The largest absolute Gasteiger partial charge is 0.478 e. The van der Waals surface area contributed by atoms with E-state index in [0.29, 0.717) is 6.54 Å². The molecule has 0 spiro atoms. The highest BCUT2D eigenvalue weighted by molar-refractivity contribution is 5.93. The van der Waals surface area contributed by atoms with Gasteiger partial charge in [-0.05, 0) is 30.8 Å². The van der Waals surface area contributed by atoms with E-state index in [4.69, 9.17) is 4.98 Å². The number of imidazole rings is 1. The number of aromatic nitrogens is 2. The van der Waals surface area contributed by atoms with Crippen LogP contribution in [0.2, 0.25) is 0 Å². The Morgan fingerprint density at radius 1 is 1.08 bits per heavy atom. The standard InChI is InChI=1S/C20H22N4O2/c1-22-9-11-23(12-10-22)20-21-17-13-16(19(25)26)7-8-18(17)24(20)14-15-5-3-2-4-6-15/h2-8,13H,9-12,14H2,1H3,(H,25,26). The first-order valence-corrected chi connectivity index (χ1v) is 8.83. The van der Waals surface area contributed by atoms with Crippen LogP contribution in [-0.2, 0) is 6.54 Å². The maximum atomic E-state index is 11.3. The lowest BCUT2D eigenvalue weighted by atomic mass is 10.2. The number of likely N-dealkylation sites (N-methyl/N-ethyl adjacent to an activating group) is 1. The number of nitrogens with zero attached hydrogens (tertiary/aromatic N) is 4. The molecule has 3 aromatic rings. The lowest BCUT2D eigenvalue weighted by Gasteiger charge is -2.33. The first kappa shape index (κ1) is 16.6. The van der Waals surface area contributed by atoms with Crippen LogP contribution in [0.3, 0.4) is 0 Å². The molecule has 6 nitrogen and oxygen atoms in total. The van der Waals surface area contributed by atoms with E-state index in [0.717, 1.165) is 43.2 Å². The Kier molecular flexibility index (Phi) is 4.34. The molecule has 1 aliphatic heterocycles. The number of benzene rings is 2. The topological polar surface area (TPSA) is 61.6 Å². The van der Waals surface area contributed by atoms with E-state index in [1.807, 2.05) is 24.3 Å². The van der Waals surface area contributed by atoms with Gasteiger partial charge in [0.15, 0.2) is 0 Å². The van der Waals surface area contributed by atoms with Crippen molar-refractivity contribution in [2.45, 2.75) is 6.54 Å². The van der Waals surface area contributed by atoms with Crippen LogP contribution >= 0.6 is 0 Å². The predicted octanol–water partition coefficient (Wildman–Crippen LogP) is 2.53. The SMILES string of the molecule is CN1CCN(c2nc3cc(C(=O)O)ccc3n2Cc2ccccc2)CC1. The van der Waals surface area contributed by atoms with Crippen molar-refractivity contribution in [1.82, 2.24) is 14.5 Å². The fraction of sp³-hybridized carbons (Fsp3) is 0.300. The molecule has 0 bridgehead atoms. The van der Waals surface area contributed by atoms with Crippen molar-refractivity contribution in [3.05, 3.63) is 59.7 Å². The van der Waals surface area contributed by atoms with Crippen molar-refractivity contribution in [3.8, 4) is 0 Å². The molecule has 2 heterocycles. The zero-order chi connectivity index (χ0) is 18.1. The molecule has 1 N–H and O–H groups in total. The number of anilines is 1. The highest BCUT2D eigenvalue weighted by Gasteiger charge is 2.21. The summed E-state index contributed by atoms with van der Waals surface area (Å²) in [5.74, 6) is -0.00912. The third kappa shape index (κ3) is 3.15. The van der Waals surface area contributed by atoms with E-state index in [2.05, 4.69) is 33.5 Å². The highest BCUT2D eigenvalue weighted by atomic mass is 16.4. The van der Waals surface area contributed by atoms with Crippen LogP contribution in [0.15, 0.2) is 48.5 Å². The van der Waals surface area contributed by atoms with E-state index < -0.39 is 5.97 Å². The molecular weight excluding hydrogens is 328 g/mol. The zero-order valence-corrected chi connectivity index (χ0v) is 14.8. The Morgan fingerprint density at radius 3 is 2.50 bits per heavy atom. The average molecular weight is 350 g/mol. The van der Waals surface area contributed by atoms with E-state index in [1.165, 1.54) is 5.56 Å². The van der Waals surface area contributed by atoms with Gasteiger partial charge in [0.2, 0.25) is 5.95 Å². The first-order valence-electron chi connectivity index (χ1n) is 8.83. The molecule has 1 aromatic heterocycles. The van der Waals surface area contributed by atoms with Crippen LogP contribution in [0.4, 0.5) is 5.95 Å². The van der Waals surface area contributed by atoms with Crippen LogP contribution < -0.4 is 4.90 Å². The number of rotatable bonds is 4. The van der Waals surface area contributed by atoms with Crippen LogP contribution in [0.25, 0.3) is 11.0 Å². The summed E-state index contributed by atoms with van der Waals surface area (Å²) >= 11 is 0. The summed E-state index contributed by atoms with van der Waals surface area (Å²) in [5.41, 5.74) is 3.17. The average Bonchev–Trinajstić information content (AvgIpc) is 3.01. The molecule has 0 unspecified atom stereocenters. The zero-order valence-electron chi connectivity index (χ0n) is 14.8. The smallest absolute Gasteiger partial charge is 0.335 e. The molecule has 134 valence electrons. The molecule has 6 heteroatoms. The summed E-state index contributed by atoms with van der Waals surface area (Å²) in [5, 5.41) is 9.28. The monoisotopic (exact) mass is 350 g/mol. The Hall–Kier alpha value is -2.86. The number of piperazine rings is 1. The van der Waals surface area contributed by atoms with Crippen molar-refractivity contribution in [2.75, 3.05) is 38.1 Å². The first-order chi connectivity index (χ1) is 12.6. The van der Waals surface area contributed by atoms with Gasteiger partial charge in [0.05, 0.1) is 23.1 Å². The molecule has 0 saturated carbocycles. The number of aromatic carboxylic acids is 1. The minimum Gasteiger partial charge on any atom is -0.478 e. The molecule has 1 aliphatic rings. The van der Waals surface area contributed by atoms with Crippen LogP contribution in [-0.4, -0.2) is 58.8 Å². The Balaban J connectivity index is 1.79.